The van der Waals surface area contributed by atoms with Gasteiger partial charge < -0.3 is 10.4 Å². The van der Waals surface area contributed by atoms with Crippen LogP contribution < -0.4 is 5.32 Å². The van der Waals surface area contributed by atoms with Crippen molar-refractivity contribution in [3.63, 3.8) is 0 Å². The van der Waals surface area contributed by atoms with E-state index in [9.17, 15) is 9.59 Å². The van der Waals surface area contributed by atoms with Crippen LogP contribution in [0.3, 0.4) is 0 Å². The van der Waals surface area contributed by atoms with Gasteiger partial charge in [-0.15, -0.1) is 5.10 Å². The van der Waals surface area contributed by atoms with Gasteiger partial charge >= 0.3 is 5.97 Å². The van der Waals surface area contributed by atoms with E-state index in [0.29, 0.717) is 32.4 Å². The molecule has 1 atom stereocenters. The Labute approximate surface area is 105 Å². The Morgan fingerprint density at radius 2 is 2.28 bits per heavy atom. The summed E-state index contributed by atoms with van der Waals surface area (Å²) in [6.45, 7) is 2.67. The van der Waals surface area contributed by atoms with Crippen molar-refractivity contribution in [3.8, 4) is 0 Å². The molecule has 1 rings (SSSR count). The molecule has 1 amide bonds. The van der Waals surface area contributed by atoms with Crippen molar-refractivity contribution in [1.82, 2.24) is 20.3 Å². The zero-order valence-electron chi connectivity index (χ0n) is 10.4. The monoisotopic (exact) mass is 254 g/mol. The first-order chi connectivity index (χ1) is 8.59. The van der Waals surface area contributed by atoms with Crippen molar-refractivity contribution in [2.75, 3.05) is 6.54 Å². The molecular weight excluding hydrogens is 236 g/mol. The maximum absolute atomic E-state index is 11.4. The lowest BCUT2D eigenvalue weighted by molar-refractivity contribution is -0.141. The molecule has 0 spiro atoms. The van der Waals surface area contributed by atoms with Crippen LogP contribution in [0.4, 0.5) is 0 Å². The van der Waals surface area contributed by atoms with E-state index in [2.05, 4.69) is 15.6 Å². The first kappa shape index (κ1) is 14.1. The van der Waals surface area contributed by atoms with Gasteiger partial charge in [-0.2, -0.15) is 0 Å². The third kappa shape index (κ3) is 5.42. The van der Waals surface area contributed by atoms with E-state index in [1.165, 1.54) is 0 Å². The van der Waals surface area contributed by atoms with Gasteiger partial charge in [0.05, 0.1) is 18.7 Å². The smallest absolute Gasteiger partial charge is 0.306 e. The number of hydrogen-bond acceptors (Lipinski definition) is 4. The Hall–Kier alpha value is -1.92. The lowest BCUT2D eigenvalue weighted by atomic mass is 10.1. The van der Waals surface area contributed by atoms with Crippen molar-refractivity contribution in [2.24, 2.45) is 5.92 Å². The number of rotatable bonds is 8. The van der Waals surface area contributed by atoms with E-state index in [1.807, 2.05) is 0 Å². The highest BCUT2D eigenvalue weighted by Gasteiger charge is 2.10. The van der Waals surface area contributed by atoms with Gasteiger partial charge in [-0.05, 0) is 12.8 Å². The van der Waals surface area contributed by atoms with Crippen LogP contribution in [-0.2, 0) is 16.1 Å². The quantitative estimate of drug-likeness (QED) is 0.650. The van der Waals surface area contributed by atoms with Gasteiger partial charge in [0.2, 0.25) is 5.91 Å². The number of nitrogens with one attached hydrogen (secondary N) is 1. The minimum atomic E-state index is -0.799. The second-order valence-electron chi connectivity index (χ2n) is 4.15. The molecule has 1 aromatic heterocycles. The lowest BCUT2D eigenvalue weighted by Gasteiger charge is -2.07. The molecule has 18 heavy (non-hydrogen) atoms. The zero-order valence-corrected chi connectivity index (χ0v) is 10.4. The van der Waals surface area contributed by atoms with Crippen LogP contribution in [0.15, 0.2) is 12.4 Å². The molecule has 1 heterocycles. The van der Waals surface area contributed by atoms with Crippen molar-refractivity contribution in [1.29, 1.82) is 0 Å². The third-order valence-electron chi connectivity index (χ3n) is 2.60. The molecule has 0 aromatic carbocycles. The number of carboxylic acid groups (broad SMARTS) is 1. The van der Waals surface area contributed by atoms with Gasteiger partial charge in [0.1, 0.15) is 0 Å². The summed E-state index contributed by atoms with van der Waals surface area (Å²) in [5, 5.41) is 18.8. The highest BCUT2D eigenvalue weighted by atomic mass is 16.4. The van der Waals surface area contributed by atoms with Crippen LogP contribution in [0.2, 0.25) is 0 Å². The van der Waals surface area contributed by atoms with Crippen LogP contribution in [0.25, 0.3) is 0 Å². The van der Waals surface area contributed by atoms with E-state index in [0.717, 1.165) is 0 Å². The Morgan fingerprint density at radius 1 is 1.50 bits per heavy atom. The van der Waals surface area contributed by atoms with Gasteiger partial charge in [-0.25, -0.2) is 0 Å². The molecule has 7 heteroatoms. The van der Waals surface area contributed by atoms with E-state index in [4.69, 9.17) is 5.11 Å². The third-order valence-corrected chi connectivity index (χ3v) is 2.60. The highest BCUT2D eigenvalue weighted by molar-refractivity contribution is 5.75. The molecular formula is C11H18N4O3. The van der Waals surface area contributed by atoms with Gasteiger partial charge in [-0.3, -0.25) is 14.3 Å². The molecule has 0 aliphatic heterocycles. The van der Waals surface area contributed by atoms with Crippen molar-refractivity contribution in [2.45, 2.75) is 32.7 Å². The largest absolute Gasteiger partial charge is 0.481 e. The highest BCUT2D eigenvalue weighted by Crippen LogP contribution is 2.04. The van der Waals surface area contributed by atoms with Crippen LogP contribution in [-0.4, -0.2) is 38.5 Å². The summed E-state index contributed by atoms with van der Waals surface area (Å²) < 4.78 is 1.59. The lowest BCUT2D eigenvalue weighted by Crippen LogP contribution is -2.26. The fraction of sp³-hybridized carbons (Fsp3) is 0.636. The number of carboxylic acids is 1. The molecule has 0 aliphatic rings. The molecule has 0 radical (unpaired) electrons. The Bertz CT molecular complexity index is 378. The summed E-state index contributed by atoms with van der Waals surface area (Å²) in [5.41, 5.74) is 0. The molecule has 100 valence electrons. The van der Waals surface area contributed by atoms with Gasteiger partial charge in [0.15, 0.2) is 0 Å². The fourth-order valence-electron chi connectivity index (χ4n) is 1.42. The predicted octanol–water partition coefficient (Wildman–Crippen LogP) is 0.285. The number of aryl methyl sites for hydroxylation is 1. The van der Waals surface area contributed by atoms with Gasteiger partial charge in [-0.1, -0.05) is 12.1 Å². The van der Waals surface area contributed by atoms with Crippen molar-refractivity contribution in [3.05, 3.63) is 12.4 Å². The first-order valence-corrected chi connectivity index (χ1v) is 5.93. The van der Waals surface area contributed by atoms with Crippen LogP contribution in [0.1, 0.15) is 26.2 Å². The van der Waals surface area contributed by atoms with E-state index >= 15 is 0 Å². The summed E-state index contributed by atoms with van der Waals surface area (Å²) in [6.07, 6.45) is 4.84. The van der Waals surface area contributed by atoms with Crippen LogP contribution >= 0.6 is 0 Å². The number of hydrogen-bond donors (Lipinski definition) is 2. The number of amides is 1. The van der Waals surface area contributed by atoms with Gasteiger partial charge in [0, 0.05) is 19.2 Å². The number of aromatic nitrogens is 3. The van der Waals surface area contributed by atoms with E-state index in [1.54, 1.807) is 24.0 Å². The average molecular weight is 254 g/mol. The molecule has 7 nitrogen and oxygen atoms in total. The molecule has 0 fully saturated rings. The van der Waals surface area contributed by atoms with Crippen molar-refractivity contribution >= 4 is 11.9 Å². The Balaban J connectivity index is 2.05. The maximum Gasteiger partial charge on any atom is 0.306 e. The molecule has 1 unspecified atom stereocenters. The number of carbonyl (C=O) groups excluding carboxylic acids is 1. The second-order valence-corrected chi connectivity index (χ2v) is 4.15. The topological polar surface area (TPSA) is 97.1 Å². The van der Waals surface area contributed by atoms with Crippen molar-refractivity contribution < 1.29 is 14.7 Å². The normalized spacial score (nSPS) is 12.1. The predicted molar refractivity (Wildman–Crippen MR) is 63.7 cm³/mol. The fourth-order valence-corrected chi connectivity index (χ4v) is 1.42. The summed E-state index contributed by atoms with van der Waals surface area (Å²) in [6, 6.07) is 0. The van der Waals surface area contributed by atoms with E-state index in [-0.39, 0.29) is 11.8 Å². The molecule has 1 aromatic rings. The SMILES string of the molecule is CC(CCCNC(=O)CCn1ccnn1)C(=O)O. The first-order valence-electron chi connectivity index (χ1n) is 5.93. The van der Waals surface area contributed by atoms with Crippen LogP contribution in [0.5, 0.6) is 0 Å². The Kier molecular flexibility index (Phi) is 5.83. The minimum absolute atomic E-state index is 0.0616. The average Bonchev–Trinajstić information content (AvgIpc) is 2.84. The number of carbonyl (C=O) groups is 2. The summed E-state index contributed by atoms with van der Waals surface area (Å²) in [7, 11) is 0. The number of nitrogens with zero attached hydrogens (tertiary/aromatic N) is 3. The molecule has 2 N–H and O–H groups in total. The standard InChI is InChI=1S/C11H18N4O3/c1-9(11(17)18)3-2-5-12-10(16)4-7-15-8-6-13-14-15/h6,8-9H,2-5,7H2,1H3,(H,12,16)(H,17,18). The summed E-state index contributed by atoms with van der Waals surface area (Å²) in [4.78, 5) is 22.0. The molecule has 0 saturated heterocycles. The summed E-state index contributed by atoms with van der Waals surface area (Å²) >= 11 is 0. The minimum Gasteiger partial charge on any atom is -0.481 e. The Morgan fingerprint density at radius 3 is 2.89 bits per heavy atom. The zero-order chi connectivity index (χ0) is 13.4. The van der Waals surface area contributed by atoms with Crippen LogP contribution in [0, 0.1) is 5.92 Å². The summed E-state index contributed by atoms with van der Waals surface area (Å²) in [5.74, 6) is -1.22. The molecule has 0 aliphatic carbocycles. The van der Waals surface area contributed by atoms with Gasteiger partial charge in [0.25, 0.3) is 0 Å². The maximum atomic E-state index is 11.4. The number of aliphatic carboxylic acids is 1. The second kappa shape index (κ2) is 7.41. The molecule has 0 saturated carbocycles. The van der Waals surface area contributed by atoms with E-state index < -0.39 is 5.97 Å². The molecule has 0 bridgehead atoms.